The van der Waals surface area contributed by atoms with E-state index in [1.807, 2.05) is 18.4 Å². The molecule has 1 aliphatic heterocycles. The molecular weight excluding hydrogens is 358 g/mol. The summed E-state index contributed by atoms with van der Waals surface area (Å²) in [6.45, 7) is 5.26. The van der Waals surface area contributed by atoms with Gasteiger partial charge in [-0.2, -0.15) is 0 Å². The van der Waals surface area contributed by atoms with Crippen molar-refractivity contribution in [1.29, 1.82) is 5.41 Å². The number of carbonyl (C=O) groups excluding carboxylic acids is 1. The van der Waals surface area contributed by atoms with Crippen LogP contribution < -0.4 is 15.8 Å². The molecule has 0 saturated carbocycles. The lowest BCUT2D eigenvalue weighted by molar-refractivity contribution is 0.0237. The smallest absolute Gasteiger partial charge is 0.267 e. The number of hydrogen-bond donors (Lipinski definition) is 3. The molecule has 28 heavy (non-hydrogen) atoms. The Morgan fingerprint density at radius 3 is 2.79 bits per heavy atom. The number of nitrogens with one attached hydrogen (secondary N) is 2. The van der Waals surface area contributed by atoms with Crippen LogP contribution in [0.1, 0.15) is 54.3 Å². The maximum atomic E-state index is 12.2. The van der Waals surface area contributed by atoms with E-state index in [0.717, 1.165) is 12.8 Å². The zero-order valence-electron chi connectivity index (χ0n) is 16.5. The van der Waals surface area contributed by atoms with Crippen LogP contribution in [-0.2, 0) is 4.74 Å². The first-order valence-electron chi connectivity index (χ1n) is 9.44. The van der Waals surface area contributed by atoms with Crippen molar-refractivity contribution in [3.8, 4) is 5.88 Å². The molecule has 0 aliphatic carbocycles. The van der Waals surface area contributed by atoms with Crippen molar-refractivity contribution in [3.63, 3.8) is 0 Å². The van der Waals surface area contributed by atoms with E-state index in [9.17, 15) is 4.79 Å². The number of carbonyl (C=O) groups is 1. The maximum absolute atomic E-state index is 12.2. The lowest BCUT2D eigenvalue weighted by Crippen LogP contribution is -2.27. The third-order valence-electron chi connectivity index (χ3n) is 4.80. The lowest BCUT2D eigenvalue weighted by Gasteiger charge is -2.24. The van der Waals surface area contributed by atoms with Crippen molar-refractivity contribution in [2.24, 2.45) is 0 Å². The third kappa shape index (κ3) is 4.01. The number of anilines is 1. The predicted molar refractivity (Wildman–Crippen MR) is 107 cm³/mol. The molecule has 1 saturated heterocycles. The van der Waals surface area contributed by atoms with E-state index in [-0.39, 0.29) is 23.8 Å². The molecule has 3 rings (SSSR count). The van der Waals surface area contributed by atoms with Crippen LogP contribution in [0.3, 0.4) is 0 Å². The summed E-state index contributed by atoms with van der Waals surface area (Å²) in [6, 6.07) is 3.42. The van der Waals surface area contributed by atoms with Gasteiger partial charge in [-0.3, -0.25) is 10.2 Å². The topological polar surface area (TPSA) is 115 Å². The minimum Gasteiger partial charge on any atom is -0.474 e. The highest BCUT2D eigenvalue weighted by atomic mass is 16.5. The van der Waals surface area contributed by atoms with Gasteiger partial charge in [-0.15, -0.1) is 0 Å². The fourth-order valence-corrected chi connectivity index (χ4v) is 3.25. The second-order valence-corrected chi connectivity index (χ2v) is 7.08. The van der Waals surface area contributed by atoms with Crippen LogP contribution in [0.2, 0.25) is 0 Å². The van der Waals surface area contributed by atoms with Crippen molar-refractivity contribution < 1.29 is 14.3 Å². The normalized spacial score (nSPS) is 14.9. The number of aromatic nitrogens is 2. The Kier molecular flexibility index (Phi) is 5.99. The van der Waals surface area contributed by atoms with Crippen molar-refractivity contribution in [3.05, 3.63) is 41.3 Å². The molecule has 3 heterocycles. The summed E-state index contributed by atoms with van der Waals surface area (Å²) in [6.07, 6.45) is 4.90. The first-order valence-corrected chi connectivity index (χ1v) is 9.44. The Balaban J connectivity index is 1.97. The minimum atomic E-state index is -0.203. The number of pyridine rings is 1. The van der Waals surface area contributed by atoms with E-state index in [1.54, 1.807) is 31.6 Å². The molecule has 8 heteroatoms. The molecule has 8 nitrogen and oxygen atoms in total. The number of rotatable bonds is 6. The van der Waals surface area contributed by atoms with E-state index in [4.69, 9.17) is 20.6 Å². The highest BCUT2D eigenvalue weighted by Crippen LogP contribution is 2.28. The second kappa shape index (κ2) is 8.43. The van der Waals surface area contributed by atoms with Gasteiger partial charge < -0.3 is 25.1 Å². The summed E-state index contributed by atoms with van der Waals surface area (Å²) in [5, 5.41) is 11.4. The molecule has 1 aliphatic rings. The van der Waals surface area contributed by atoms with Gasteiger partial charge in [0.05, 0.1) is 24.5 Å². The molecule has 4 N–H and O–H groups in total. The predicted octanol–water partition coefficient (Wildman–Crippen LogP) is 2.38. The highest BCUT2D eigenvalue weighted by Gasteiger charge is 2.24. The van der Waals surface area contributed by atoms with Gasteiger partial charge in [0.25, 0.3) is 5.91 Å². The van der Waals surface area contributed by atoms with Gasteiger partial charge in [0.15, 0.2) is 0 Å². The van der Waals surface area contributed by atoms with Gasteiger partial charge in [-0.05, 0) is 26.0 Å². The lowest BCUT2D eigenvalue weighted by atomic mass is 10.0. The number of amides is 1. The van der Waals surface area contributed by atoms with Gasteiger partial charge in [-0.25, -0.2) is 4.98 Å². The van der Waals surface area contributed by atoms with Crippen LogP contribution in [0.25, 0.3) is 0 Å². The molecule has 0 radical (unpaired) electrons. The van der Waals surface area contributed by atoms with E-state index >= 15 is 0 Å². The van der Waals surface area contributed by atoms with E-state index in [1.165, 1.54) is 0 Å². The highest BCUT2D eigenvalue weighted by molar-refractivity contribution is 6.16. The average Bonchev–Trinajstić information content (AvgIpc) is 3.14. The molecule has 0 aromatic carbocycles. The minimum absolute atomic E-state index is 0.0173. The zero-order chi connectivity index (χ0) is 20.3. The summed E-state index contributed by atoms with van der Waals surface area (Å²) >= 11 is 0. The van der Waals surface area contributed by atoms with Gasteiger partial charge in [0.2, 0.25) is 5.88 Å². The molecule has 0 unspecified atom stereocenters. The van der Waals surface area contributed by atoms with Crippen LogP contribution >= 0.6 is 0 Å². The number of ether oxygens (including phenoxy) is 2. The van der Waals surface area contributed by atoms with Crippen LogP contribution in [0.5, 0.6) is 5.88 Å². The zero-order valence-corrected chi connectivity index (χ0v) is 16.5. The Hall–Kier alpha value is -2.87. The van der Waals surface area contributed by atoms with Gasteiger partial charge in [0.1, 0.15) is 11.8 Å². The monoisotopic (exact) mass is 385 g/mol. The summed E-state index contributed by atoms with van der Waals surface area (Å²) in [7, 11) is 1.59. The van der Waals surface area contributed by atoms with E-state index in [2.05, 4.69) is 10.3 Å². The Bertz CT molecular complexity index is 869. The van der Waals surface area contributed by atoms with Crippen molar-refractivity contribution >= 4 is 17.3 Å². The van der Waals surface area contributed by atoms with Gasteiger partial charge in [0, 0.05) is 49.6 Å². The SMILES string of the molecule is CNC(=O)c1cc(C(=N)c2c(N)ccnc2OC2CCOCC2)cn1C(C)C. The van der Waals surface area contributed by atoms with E-state index in [0.29, 0.717) is 41.6 Å². The van der Waals surface area contributed by atoms with Crippen molar-refractivity contribution in [1.82, 2.24) is 14.9 Å². The first kappa shape index (κ1) is 19.9. The molecule has 0 atom stereocenters. The first-order chi connectivity index (χ1) is 13.4. The quantitative estimate of drug-likeness (QED) is 0.660. The largest absolute Gasteiger partial charge is 0.474 e. The van der Waals surface area contributed by atoms with Gasteiger partial charge >= 0.3 is 0 Å². The molecule has 0 bridgehead atoms. The summed E-state index contributed by atoms with van der Waals surface area (Å²) in [5.74, 6) is 0.140. The fourth-order valence-electron chi connectivity index (χ4n) is 3.25. The Morgan fingerprint density at radius 1 is 1.43 bits per heavy atom. The van der Waals surface area contributed by atoms with Crippen LogP contribution in [0.4, 0.5) is 5.69 Å². The number of nitrogens with zero attached hydrogens (tertiary/aromatic N) is 2. The molecule has 2 aromatic rings. The maximum Gasteiger partial charge on any atom is 0.267 e. The fraction of sp³-hybridized carbons (Fsp3) is 0.450. The van der Waals surface area contributed by atoms with Crippen LogP contribution in [0, 0.1) is 5.41 Å². The Morgan fingerprint density at radius 2 is 2.14 bits per heavy atom. The molecular formula is C20H27N5O3. The summed E-state index contributed by atoms with van der Waals surface area (Å²) < 4.78 is 13.3. The van der Waals surface area contributed by atoms with Crippen molar-refractivity contribution in [2.45, 2.75) is 38.8 Å². The molecule has 0 spiro atoms. The number of nitrogens with two attached hydrogens (primary N) is 1. The number of nitrogen functional groups attached to an aromatic ring is 1. The Labute approximate surface area is 164 Å². The summed E-state index contributed by atoms with van der Waals surface area (Å²) in [5.41, 5.74) is 8.30. The molecule has 1 amide bonds. The standard InChI is InChI=1S/C20H27N5O3/c1-12(2)25-11-13(10-16(25)19(26)23-3)18(22)17-15(21)4-7-24-20(17)28-14-5-8-27-9-6-14/h4,7,10-12,14,22H,5-6,8-9H2,1-3H3,(H2,21,24)(H,23,26). The van der Waals surface area contributed by atoms with Crippen molar-refractivity contribution in [2.75, 3.05) is 26.0 Å². The molecule has 1 fully saturated rings. The average molecular weight is 385 g/mol. The third-order valence-corrected chi connectivity index (χ3v) is 4.80. The van der Waals surface area contributed by atoms with Gasteiger partial charge in [-0.1, -0.05) is 0 Å². The summed E-state index contributed by atoms with van der Waals surface area (Å²) in [4.78, 5) is 16.6. The number of hydrogen-bond acceptors (Lipinski definition) is 6. The van der Waals surface area contributed by atoms with Crippen LogP contribution in [-0.4, -0.2) is 47.5 Å². The second-order valence-electron chi connectivity index (χ2n) is 7.08. The van der Waals surface area contributed by atoms with E-state index < -0.39 is 0 Å². The molecule has 150 valence electrons. The molecule has 2 aromatic heterocycles. The van der Waals surface area contributed by atoms with Crippen LogP contribution in [0.15, 0.2) is 24.5 Å².